The van der Waals surface area contributed by atoms with Gasteiger partial charge < -0.3 is 10.6 Å². The highest BCUT2D eigenvalue weighted by molar-refractivity contribution is 7.15. The second kappa shape index (κ2) is 5.74. The molecular weight excluding hydrogens is 268 g/mol. The van der Waals surface area contributed by atoms with Crippen LogP contribution in [0.4, 0.5) is 5.82 Å². The van der Waals surface area contributed by atoms with E-state index in [4.69, 9.17) is 10.7 Å². The zero-order chi connectivity index (χ0) is 14.1. The normalized spacial score (nSPS) is 18.9. The van der Waals surface area contributed by atoms with Crippen LogP contribution < -0.4 is 10.6 Å². The van der Waals surface area contributed by atoms with Crippen molar-refractivity contribution in [1.82, 2.24) is 9.38 Å². The van der Waals surface area contributed by atoms with Crippen molar-refractivity contribution in [2.75, 3.05) is 18.0 Å². The Morgan fingerprint density at radius 3 is 2.85 bits per heavy atom. The molecule has 1 aliphatic rings. The van der Waals surface area contributed by atoms with E-state index in [-0.39, 0.29) is 6.04 Å². The SMILES string of the molecule is CCC1CCN(c2nc3sccn3c2CC(C)N)CC1. The van der Waals surface area contributed by atoms with E-state index in [1.807, 2.05) is 0 Å². The van der Waals surface area contributed by atoms with Crippen LogP contribution in [0.15, 0.2) is 11.6 Å². The Balaban J connectivity index is 1.88. The van der Waals surface area contributed by atoms with Crippen LogP contribution >= 0.6 is 11.3 Å². The molecule has 110 valence electrons. The predicted molar refractivity (Wildman–Crippen MR) is 85.7 cm³/mol. The molecule has 1 atom stereocenters. The van der Waals surface area contributed by atoms with Gasteiger partial charge in [-0.05, 0) is 25.7 Å². The molecule has 5 heteroatoms. The van der Waals surface area contributed by atoms with Gasteiger partial charge in [0.15, 0.2) is 10.8 Å². The van der Waals surface area contributed by atoms with E-state index in [1.165, 1.54) is 30.8 Å². The van der Waals surface area contributed by atoms with Gasteiger partial charge in [0.2, 0.25) is 0 Å². The number of rotatable bonds is 4. The van der Waals surface area contributed by atoms with Crippen molar-refractivity contribution in [1.29, 1.82) is 0 Å². The lowest BCUT2D eigenvalue weighted by atomic mass is 9.94. The van der Waals surface area contributed by atoms with Crippen LogP contribution in [-0.4, -0.2) is 28.5 Å². The molecule has 0 amide bonds. The van der Waals surface area contributed by atoms with Gasteiger partial charge in [-0.1, -0.05) is 13.3 Å². The molecule has 3 rings (SSSR count). The number of aromatic nitrogens is 2. The third kappa shape index (κ3) is 2.56. The summed E-state index contributed by atoms with van der Waals surface area (Å²) in [7, 11) is 0. The van der Waals surface area contributed by atoms with E-state index in [0.29, 0.717) is 0 Å². The van der Waals surface area contributed by atoms with Crippen LogP contribution in [-0.2, 0) is 6.42 Å². The summed E-state index contributed by atoms with van der Waals surface area (Å²) in [6, 6.07) is 0.168. The summed E-state index contributed by atoms with van der Waals surface area (Å²) < 4.78 is 2.22. The number of fused-ring (bicyclic) bond motifs is 1. The fourth-order valence-corrected chi connectivity index (χ4v) is 3.85. The molecule has 0 saturated carbocycles. The quantitative estimate of drug-likeness (QED) is 0.942. The van der Waals surface area contributed by atoms with Crippen molar-refractivity contribution in [3.8, 4) is 0 Å². The first-order chi connectivity index (χ1) is 9.69. The molecule has 4 nitrogen and oxygen atoms in total. The van der Waals surface area contributed by atoms with Gasteiger partial charge in [0, 0.05) is 37.1 Å². The fourth-order valence-electron chi connectivity index (χ4n) is 3.12. The lowest BCUT2D eigenvalue weighted by molar-refractivity contribution is 0.393. The van der Waals surface area contributed by atoms with E-state index in [1.54, 1.807) is 11.3 Å². The standard InChI is InChI=1S/C15H24N4S/c1-3-12-4-6-18(7-5-12)14-13(10-11(2)16)19-8-9-20-15(19)17-14/h8-9,11-12H,3-7,10,16H2,1-2H3. The number of nitrogens with zero attached hydrogens (tertiary/aromatic N) is 3. The van der Waals surface area contributed by atoms with Gasteiger partial charge in [-0.2, -0.15) is 0 Å². The summed E-state index contributed by atoms with van der Waals surface area (Å²) in [5.41, 5.74) is 7.31. The highest BCUT2D eigenvalue weighted by Gasteiger charge is 2.24. The largest absolute Gasteiger partial charge is 0.355 e. The minimum Gasteiger partial charge on any atom is -0.355 e. The summed E-state index contributed by atoms with van der Waals surface area (Å²) >= 11 is 1.70. The van der Waals surface area contributed by atoms with Crippen LogP contribution in [0.3, 0.4) is 0 Å². The van der Waals surface area contributed by atoms with Crippen LogP contribution in [0.25, 0.3) is 4.96 Å². The van der Waals surface area contributed by atoms with Crippen LogP contribution in [0.1, 0.15) is 38.8 Å². The zero-order valence-electron chi connectivity index (χ0n) is 12.4. The average molecular weight is 292 g/mol. The summed E-state index contributed by atoms with van der Waals surface area (Å²) in [6.45, 7) is 6.64. The Labute approximate surface area is 124 Å². The van der Waals surface area contributed by atoms with Gasteiger partial charge in [0.25, 0.3) is 0 Å². The summed E-state index contributed by atoms with van der Waals surface area (Å²) in [5.74, 6) is 2.07. The van der Waals surface area contributed by atoms with Crippen LogP contribution in [0.2, 0.25) is 0 Å². The smallest absolute Gasteiger partial charge is 0.195 e. The second-order valence-electron chi connectivity index (χ2n) is 5.96. The number of hydrogen-bond acceptors (Lipinski definition) is 4. The lowest BCUT2D eigenvalue weighted by Gasteiger charge is -2.32. The molecule has 0 aromatic carbocycles. The minimum atomic E-state index is 0.168. The molecule has 1 unspecified atom stereocenters. The predicted octanol–water partition coefficient (Wildman–Crippen LogP) is 2.91. The van der Waals surface area contributed by atoms with Crippen molar-refractivity contribution < 1.29 is 0 Å². The first-order valence-corrected chi connectivity index (χ1v) is 8.52. The number of hydrogen-bond donors (Lipinski definition) is 1. The summed E-state index contributed by atoms with van der Waals surface area (Å²) in [5, 5.41) is 2.10. The molecule has 0 aliphatic carbocycles. The van der Waals surface area contributed by atoms with E-state index in [0.717, 1.165) is 30.4 Å². The first kappa shape index (κ1) is 13.9. The van der Waals surface area contributed by atoms with E-state index in [2.05, 4.69) is 34.7 Å². The highest BCUT2D eigenvalue weighted by atomic mass is 32.1. The Bertz CT molecular complexity index is 563. The summed E-state index contributed by atoms with van der Waals surface area (Å²) in [6.07, 6.45) is 6.89. The maximum Gasteiger partial charge on any atom is 0.195 e. The Morgan fingerprint density at radius 2 is 2.20 bits per heavy atom. The van der Waals surface area contributed by atoms with Crippen LogP contribution in [0, 0.1) is 5.92 Å². The van der Waals surface area contributed by atoms with Gasteiger partial charge >= 0.3 is 0 Å². The highest BCUT2D eigenvalue weighted by Crippen LogP contribution is 2.30. The zero-order valence-corrected chi connectivity index (χ0v) is 13.2. The Morgan fingerprint density at radius 1 is 1.45 bits per heavy atom. The van der Waals surface area contributed by atoms with Crippen molar-refractivity contribution in [2.24, 2.45) is 11.7 Å². The molecule has 1 saturated heterocycles. The molecule has 1 aliphatic heterocycles. The topological polar surface area (TPSA) is 46.6 Å². The maximum absolute atomic E-state index is 6.03. The van der Waals surface area contributed by atoms with E-state index >= 15 is 0 Å². The molecule has 0 radical (unpaired) electrons. The van der Waals surface area contributed by atoms with Gasteiger partial charge in [0.05, 0.1) is 5.69 Å². The third-order valence-electron chi connectivity index (χ3n) is 4.35. The number of thiazole rings is 1. The van der Waals surface area contributed by atoms with Gasteiger partial charge in [0.1, 0.15) is 0 Å². The maximum atomic E-state index is 6.03. The molecule has 2 aromatic heterocycles. The molecule has 2 N–H and O–H groups in total. The van der Waals surface area contributed by atoms with Crippen molar-refractivity contribution in [3.63, 3.8) is 0 Å². The minimum absolute atomic E-state index is 0.168. The van der Waals surface area contributed by atoms with Crippen LogP contribution in [0.5, 0.6) is 0 Å². The molecule has 0 bridgehead atoms. The fraction of sp³-hybridized carbons (Fsp3) is 0.667. The Kier molecular flexibility index (Phi) is 3.98. The molecular formula is C15H24N4S. The molecule has 0 spiro atoms. The van der Waals surface area contributed by atoms with Crippen molar-refractivity contribution >= 4 is 22.1 Å². The molecule has 3 heterocycles. The van der Waals surface area contributed by atoms with Gasteiger partial charge in [-0.3, -0.25) is 4.40 Å². The average Bonchev–Trinajstić information content (AvgIpc) is 3.01. The molecule has 1 fully saturated rings. The lowest BCUT2D eigenvalue weighted by Crippen LogP contribution is -2.34. The molecule has 2 aromatic rings. The van der Waals surface area contributed by atoms with Gasteiger partial charge in [-0.15, -0.1) is 11.3 Å². The van der Waals surface area contributed by atoms with Crippen molar-refractivity contribution in [2.45, 2.75) is 45.6 Å². The first-order valence-electron chi connectivity index (χ1n) is 7.64. The van der Waals surface area contributed by atoms with Gasteiger partial charge in [-0.25, -0.2) is 4.98 Å². The van der Waals surface area contributed by atoms with Crippen molar-refractivity contribution in [3.05, 3.63) is 17.3 Å². The number of piperidine rings is 1. The third-order valence-corrected chi connectivity index (χ3v) is 5.10. The number of nitrogens with two attached hydrogens (primary N) is 1. The Hall–Kier alpha value is -1.07. The van der Waals surface area contributed by atoms with E-state index in [9.17, 15) is 0 Å². The second-order valence-corrected chi connectivity index (χ2v) is 6.83. The monoisotopic (exact) mass is 292 g/mol. The number of imidazole rings is 1. The number of anilines is 1. The van der Waals surface area contributed by atoms with E-state index < -0.39 is 0 Å². The molecule has 20 heavy (non-hydrogen) atoms. The summed E-state index contributed by atoms with van der Waals surface area (Å²) in [4.78, 5) is 8.41.